The molecular formula is C11H16ClFN2. The third-order valence-electron chi connectivity index (χ3n) is 2.17. The maximum absolute atomic E-state index is 13.3. The van der Waals surface area contributed by atoms with Crippen molar-refractivity contribution in [3.8, 4) is 0 Å². The molecule has 84 valence electrons. The fourth-order valence-electron chi connectivity index (χ4n) is 1.32. The van der Waals surface area contributed by atoms with E-state index < -0.39 is 0 Å². The van der Waals surface area contributed by atoms with Crippen molar-refractivity contribution in [3.05, 3.63) is 34.6 Å². The lowest BCUT2D eigenvalue weighted by Gasteiger charge is -2.07. The molecule has 0 atom stereocenters. The van der Waals surface area contributed by atoms with E-state index in [9.17, 15) is 4.39 Å². The highest BCUT2D eigenvalue weighted by molar-refractivity contribution is 6.31. The number of hydrogen-bond donors (Lipinski definition) is 2. The van der Waals surface area contributed by atoms with E-state index in [1.165, 1.54) is 6.07 Å². The zero-order valence-electron chi connectivity index (χ0n) is 8.82. The Bertz CT molecular complexity index is 284. The molecule has 0 aliphatic rings. The Morgan fingerprint density at radius 3 is 2.73 bits per heavy atom. The van der Waals surface area contributed by atoms with Crippen LogP contribution in [0.15, 0.2) is 18.2 Å². The first-order chi connectivity index (χ1) is 7.25. The van der Waals surface area contributed by atoms with Crippen molar-refractivity contribution < 1.29 is 4.39 Å². The molecular weight excluding hydrogens is 215 g/mol. The van der Waals surface area contributed by atoms with Gasteiger partial charge in [0, 0.05) is 23.7 Å². The van der Waals surface area contributed by atoms with Crippen LogP contribution in [-0.2, 0) is 6.42 Å². The van der Waals surface area contributed by atoms with Crippen LogP contribution in [-0.4, -0.2) is 26.7 Å². The minimum atomic E-state index is -0.224. The summed E-state index contributed by atoms with van der Waals surface area (Å²) in [6, 6.07) is 4.78. The molecule has 0 radical (unpaired) electrons. The first-order valence-corrected chi connectivity index (χ1v) is 5.41. The fourth-order valence-corrected chi connectivity index (χ4v) is 1.58. The van der Waals surface area contributed by atoms with Gasteiger partial charge in [0.15, 0.2) is 0 Å². The summed E-state index contributed by atoms with van der Waals surface area (Å²) in [6.45, 7) is 2.52. The fraction of sp³-hybridized carbons (Fsp3) is 0.455. The average molecular weight is 231 g/mol. The molecule has 0 aliphatic carbocycles. The van der Waals surface area contributed by atoms with Gasteiger partial charge >= 0.3 is 0 Å². The average Bonchev–Trinajstić information content (AvgIpc) is 2.21. The maximum atomic E-state index is 13.3. The van der Waals surface area contributed by atoms with E-state index in [1.54, 1.807) is 12.1 Å². The lowest BCUT2D eigenvalue weighted by atomic mass is 10.1. The number of likely N-dealkylation sites (N-methyl/N-ethyl adjacent to an activating group) is 1. The summed E-state index contributed by atoms with van der Waals surface area (Å²) >= 11 is 5.89. The van der Waals surface area contributed by atoms with Crippen LogP contribution in [0.25, 0.3) is 0 Å². The monoisotopic (exact) mass is 230 g/mol. The number of halogens is 2. The summed E-state index contributed by atoms with van der Waals surface area (Å²) in [5.41, 5.74) is 0.594. The second kappa shape index (κ2) is 6.77. The van der Waals surface area contributed by atoms with E-state index in [-0.39, 0.29) is 5.82 Å². The molecule has 0 saturated heterocycles. The molecule has 0 fully saturated rings. The molecule has 0 spiro atoms. The summed E-state index contributed by atoms with van der Waals surface area (Å²) < 4.78 is 13.3. The molecule has 0 unspecified atom stereocenters. The van der Waals surface area contributed by atoms with Crippen molar-refractivity contribution in [1.29, 1.82) is 0 Å². The van der Waals surface area contributed by atoms with Crippen molar-refractivity contribution in [2.24, 2.45) is 0 Å². The van der Waals surface area contributed by atoms with Crippen molar-refractivity contribution >= 4 is 11.6 Å². The van der Waals surface area contributed by atoms with Crippen LogP contribution in [0.5, 0.6) is 0 Å². The van der Waals surface area contributed by atoms with Gasteiger partial charge in [-0.3, -0.25) is 0 Å². The maximum Gasteiger partial charge on any atom is 0.127 e. The summed E-state index contributed by atoms with van der Waals surface area (Å²) in [6.07, 6.45) is 0.620. The van der Waals surface area contributed by atoms with Gasteiger partial charge in [0.2, 0.25) is 0 Å². The molecule has 0 heterocycles. The van der Waals surface area contributed by atoms with Crippen molar-refractivity contribution in [2.75, 3.05) is 26.7 Å². The van der Waals surface area contributed by atoms with Crippen LogP contribution < -0.4 is 10.6 Å². The second-order valence-electron chi connectivity index (χ2n) is 3.30. The van der Waals surface area contributed by atoms with Gasteiger partial charge in [-0.15, -0.1) is 0 Å². The van der Waals surface area contributed by atoms with Crippen LogP contribution in [0.3, 0.4) is 0 Å². The van der Waals surface area contributed by atoms with Gasteiger partial charge < -0.3 is 10.6 Å². The van der Waals surface area contributed by atoms with Crippen LogP contribution in [0, 0.1) is 5.82 Å². The Balaban J connectivity index is 2.37. The van der Waals surface area contributed by atoms with Gasteiger partial charge in [0.05, 0.1) is 0 Å². The van der Waals surface area contributed by atoms with Crippen molar-refractivity contribution in [3.63, 3.8) is 0 Å². The zero-order valence-corrected chi connectivity index (χ0v) is 9.57. The Morgan fingerprint density at radius 1 is 1.27 bits per heavy atom. The predicted octanol–water partition coefficient (Wildman–Crippen LogP) is 1.83. The van der Waals surface area contributed by atoms with Gasteiger partial charge in [0.25, 0.3) is 0 Å². The highest BCUT2D eigenvalue weighted by Gasteiger charge is 2.05. The van der Waals surface area contributed by atoms with Gasteiger partial charge in [0.1, 0.15) is 5.82 Å². The molecule has 1 aromatic rings. The van der Waals surface area contributed by atoms with Crippen molar-refractivity contribution in [2.45, 2.75) is 6.42 Å². The summed E-state index contributed by atoms with van der Waals surface area (Å²) in [5, 5.41) is 6.73. The number of rotatable bonds is 6. The molecule has 0 amide bonds. The van der Waals surface area contributed by atoms with Gasteiger partial charge in [-0.05, 0) is 32.1 Å². The lowest BCUT2D eigenvalue weighted by Crippen LogP contribution is -2.26. The first-order valence-electron chi connectivity index (χ1n) is 5.04. The predicted molar refractivity (Wildman–Crippen MR) is 61.9 cm³/mol. The zero-order chi connectivity index (χ0) is 11.1. The standard InChI is InChI=1S/C11H16ClFN2/c1-14-7-8-15-6-5-9-10(12)3-2-4-11(9)13/h2-4,14-15H,5-8H2,1H3. The molecule has 15 heavy (non-hydrogen) atoms. The molecule has 1 aromatic carbocycles. The van der Waals surface area contributed by atoms with Gasteiger partial charge in [-0.1, -0.05) is 17.7 Å². The topological polar surface area (TPSA) is 24.1 Å². The molecule has 2 nitrogen and oxygen atoms in total. The smallest absolute Gasteiger partial charge is 0.127 e. The van der Waals surface area contributed by atoms with E-state index in [0.29, 0.717) is 17.0 Å². The van der Waals surface area contributed by atoms with E-state index in [0.717, 1.165) is 19.6 Å². The quantitative estimate of drug-likeness (QED) is 0.729. The minimum Gasteiger partial charge on any atom is -0.318 e. The molecule has 0 aliphatic heterocycles. The molecule has 0 saturated carbocycles. The Labute approximate surface area is 94.8 Å². The summed E-state index contributed by atoms with van der Waals surface area (Å²) in [7, 11) is 1.90. The number of benzene rings is 1. The van der Waals surface area contributed by atoms with E-state index in [4.69, 9.17) is 11.6 Å². The number of nitrogens with one attached hydrogen (secondary N) is 2. The third-order valence-corrected chi connectivity index (χ3v) is 2.52. The van der Waals surface area contributed by atoms with E-state index in [2.05, 4.69) is 10.6 Å². The summed E-state index contributed by atoms with van der Waals surface area (Å²) in [4.78, 5) is 0. The highest BCUT2D eigenvalue weighted by Crippen LogP contribution is 2.18. The van der Waals surface area contributed by atoms with Crippen LogP contribution in [0.2, 0.25) is 5.02 Å². The van der Waals surface area contributed by atoms with Crippen molar-refractivity contribution in [1.82, 2.24) is 10.6 Å². The van der Waals surface area contributed by atoms with Gasteiger partial charge in [-0.2, -0.15) is 0 Å². The third kappa shape index (κ3) is 4.16. The number of hydrogen-bond acceptors (Lipinski definition) is 2. The Hall–Kier alpha value is -0.640. The molecule has 4 heteroatoms. The minimum absolute atomic E-state index is 0.224. The first kappa shape index (κ1) is 12.4. The lowest BCUT2D eigenvalue weighted by molar-refractivity contribution is 0.594. The largest absolute Gasteiger partial charge is 0.318 e. The molecule has 0 bridgehead atoms. The Morgan fingerprint density at radius 2 is 2.07 bits per heavy atom. The second-order valence-corrected chi connectivity index (χ2v) is 3.71. The van der Waals surface area contributed by atoms with E-state index in [1.807, 2.05) is 7.05 Å². The SMILES string of the molecule is CNCCNCCc1c(F)cccc1Cl. The summed E-state index contributed by atoms with van der Waals surface area (Å²) in [5.74, 6) is -0.224. The molecule has 1 rings (SSSR count). The van der Waals surface area contributed by atoms with Crippen LogP contribution >= 0.6 is 11.6 Å². The normalized spacial score (nSPS) is 10.6. The van der Waals surface area contributed by atoms with Gasteiger partial charge in [-0.25, -0.2) is 4.39 Å². The highest BCUT2D eigenvalue weighted by atomic mass is 35.5. The Kier molecular flexibility index (Phi) is 5.61. The van der Waals surface area contributed by atoms with Crippen LogP contribution in [0.1, 0.15) is 5.56 Å². The van der Waals surface area contributed by atoms with E-state index >= 15 is 0 Å². The molecule has 0 aromatic heterocycles. The molecule has 2 N–H and O–H groups in total. The van der Waals surface area contributed by atoms with Crippen LogP contribution in [0.4, 0.5) is 4.39 Å².